The van der Waals surface area contributed by atoms with Crippen LogP contribution in [0.5, 0.6) is 11.5 Å². The molecule has 0 radical (unpaired) electrons. The van der Waals surface area contributed by atoms with Gasteiger partial charge in [-0.05, 0) is 29.8 Å². The lowest BCUT2D eigenvalue weighted by molar-refractivity contribution is 0.0691. The molecule has 0 saturated carbocycles. The van der Waals surface area contributed by atoms with Crippen molar-refractivity contribution in [1.29, 1.82) is 0 Å². The Labute approximate surface area is 150 Å². The predicted molar refractivity (Wildman–Crippen MR) is 95.6 cm³/mol. The first-order valence-corrected chi connectivity index (χ1v) is 7.95. The molecule has 0 aromatic heterocycles. The van der Waals surface area contributed by atoms with Gasteiger partial charge in [-0.15, -0.1) is 0 Å². The van der Waals surface area contributed by atoms with Crippen molar-refractivity contribution in [3.8, 4) is 11.5 Å². The van der Waals surface area contributed by atoms with Gasteiger partial charge in [0, 0.05) is 6.07 Å². The molecule has 0 heterocycles. The molecule has 0 saturated heterocycles. The van der Waals surface area contributed by atoms with Crippen LogP contribution in [0.2, 0.25) is 0 Å². The van der Waals surface area contributed by atoms with Gasteiger partial charge in [-0.1, -0.05) is 48.5 Å². The molecule has 26 heavy (non-hydrogen) atoms. The Hall–Kier alpha value is -3.60. The van der Waals surface area contributed by atoms with Crippen molar-refractivity contribution >= 4 is 11.9 Å². The molecule has 3 rings (SSSR count). The fourth-order valence-electron chi connectivity index (χ4n) is 2.34. The van der Waals surface area contributed by atoms with Crippen LogP contribution in [0.1, 0.15) is 26.3 Å². The molecule has 5 nitrogen and oxygen atoms in total. The molecule has 0 unspecified atom stereocenters. The van der Waals surface area contributed by atoms with E-state index in [1.807, 2.05) is 30.3 Å². The molecule has 0 amide bonds. The van der Waals surface area contributed by atoms with E-state index in [9.17, 15) is 14.7 Å². The number of rotatable bonds is 6. The van der Waals surface area contributed by atoms with E-state index < -0.39 is 11.9 Å². The van der Waals surface area contributed by atoms with Crippen LogP contribution in [0, 0.1) is 0 Å². The number of hydrogen-bond acceptors (Lipinski definition) is 4. The Morgan fingerprint density at radius 2 is 1.50 bits per heavy atom. The summed E-state index contributed by atoms with van der Waals surface area (Å²) in [6, 6.07) is 22.1. The van der Waals surface area contributed by atoms with Gasteiger partial charge < -0.3 is 14.6 Å². The zero-order valence-electron chi connectivity index (χ0n) is 13.8. The summed E-state index contributed by atoms with van der Waals surface area (Å²) in [6.07, 6.45) is 0. The number of carbonyl (C=O) groups excluding carboxylic acids is 1. The van der Waals surface area contributed by atoms with E-state index in [2.05, 4.69) is 0 Å². The van der Waals surface area contributed by atoms with Gasteiger partial charge in [-0.25, -0.2) is 9.59 Å². The first-order chi connectivity index (χ1) is 12.6. The highest BCUT2D eigenvalue weighted by Crippen LogP contribution is 2.26. The Bertz CT molecular complexity index is 904. The maximum absolute atomic E-state index is 12.1. The van der Waals surface area contributed by atoms with Crippen LogP contribution in [0.4, 0.5) is 0 Å². The van der Waals surface area contributed by atoms with Crippen LogP contribution < -0.4 is 9.47 Å². The monoisotopic (exact) mass is 348 g/mol. The lowest BCUT2D eigenvalue weighted by Gasteiger charge is -2.11. The van der Waals surface area contributed by atoms with Gasteiger partial charge in [-0.2, -0.15) is 0 Å². The predicted octanol–water partition coefficient (Wildman–Crippen LogP) is 4.18. The average Bonchev–Trinajstić information content (AvgIpc) is 2.68. The third kappa shape index (κ3) is 4.27. The summed E-state index contributed by atoms with van der Waals surface area (Å²) >= 11 is 0. The molecule has 0 atom stereocenters. The summed E-state index contributed by atoms with van der Waals surface area (Å²) in [6.45, 7) is 0.206. The van der Waals surface area contributed by atoms with E-state index in [0.29, 0.717) is 5.56 Å². The molecule has 0 spiro atoms. The van der Waals surface area contributed by atoms with Crippen molar-refractivity contribution in [3.63, 3.8) is 0 Å². The van der Waals surface area contributed by atoms with Gasteiger partial charge >= 0.3 is 11.9 Å². The minimum Gasteiger partial charge on any atom is -0.488 e. The topological polar surface area (TPSA) is 72.8 Å². The summed E-state index contributed by atoms with van der Waals surface area (Å²) in [7, 11) is 0. The Morgan fingerprint density at radius 1 is 0.846 bits per heavy atom. The summed E-state index contributed by atoms with van der Waals surface area (Å²) in [5, 5.41) is 9.33. The van der Waals surface area contributed by atoms with E-state index in [-0.39, 0.29) is 23.7 Å². The van der Waals surface area contributed by atoms with Gasteiger partial charge in [0.15, 0.2) is 0 Å². The minimum atomic E-state index is -1.12. The maximum atomic E-state index is 12.1. The van der Waals surface area contributed by atoms with Gasteiger partial charge in [0.25, 0.3) is 0 Å². The minimum absolute atomic E-state index is 0.000409. The molecule has 0 aliphatic heterocycles. The van der Waals surface area contributed by atoms with Crippen LogP contribution >= 0.6 is 0 Å². The molecule has 0 bridgehead atoms. The third-order valence-electron chi connectivity index (χ3n) is 3.64. The van der Waals surface area contributed by atoms with E-state index in [1.54, 1.807) is 30.3 Å². The molecule has 5 heteroatoms. The maximum Gasteiger partial charge on any atom is 0.343 e. The Morgan fingerprint density at radius 3 is 2.15 bits per heavy atom. The van der Waals surface area contributed by atoms with Crippen molar-refractivity contribution in [1.82, 2.24) is 0 Å². The lowest BCUT2D eigenvalue weighted by atomic mass is 10.2. The van der Waals surface area contributed by atoms with Gasteiger partial charge in [0.2, 0.25) is 0 Å². The first-order valence-electron chi connectivity index (χ1n) is 7.95. The molecule has 130 valence electrons. The zero-order valence-corrected chi connectivity index (χ0v) is 13.8. The molecular weight excluding hydrogens is 332 g/mol. The summed E-state index contributed by atoms with van der Waals surface area (Å²) in [5.74, 6) is -1.29. The number of ether oxygens (including phenoxy) is 2. The number of carboxylic acids is 1. The first kappa shape index (κ1) is 17.2. The van der Waals surface area contributed by atoms with Crippen LogP contribution in [0.3, 0.4) is 0 Å². The van der Waals surface area contributed by atoms with Crippen LogP contribution in [-0.4, -0.2) is 17.0 Å². The van der Waals surface area contributed by atoms with Crippen LogP contribution in [0.15, 0.2) is 78.9 Å². The molecule has 1 N–H and O–H groups in total. The zero-order chi connectivity index (χ0) is 18.4. The lowest BCUT2D eigenvalue weighted by Crippen LogP contribution is -2.09. The summed E-state index contributed by atoms with van der Waals surface area (Å²) in [5.41, 5.74) is 1.30. The highest BCUT2D eigenvalue weighted by molar-refractivity contribution is 5.93. The van der Waals surface area contributed by atoms with Crippen molar-refractivity contribution in [2.45, 2.75) is 6.61 Å². The van der Waals surface area contributed by atoms with E-state index in [4.69, 9.17) is 9.47 Å². The van der Waals surface area contributed by atoms with Crippen molar-refractivity contribution in [3.05, 3.63) is 95.6 Å². The molecule has 0 aliphatic carbocycles. The van der Waals surface area contributed by atoms with Gasteiger partial charge in [-0.3, -0.25) is 0 Å². The number of carbonyl (C=O) groups is 2. The summed E-state index contributed by atoms with van der Waals surface area (Å²) in [4.78, 5) is 23.5. The van der Waals surface area contributed by atoms with Crippen molar-refractivity contribution in [2.24, 2.45) is 0 Å². The number of carboxylic acid groups (broad SMARTS) is 1. The molecule has 3 aromatic carbocycles. The second-order valence-electron chi connectivity index (χ2n) is 5.49. The number of hydrogen-bond donors (Lipinski definition) is 1. The highest BCUT2D eigenvalue weighted by Gasteiger charge is 2.15. The normalized spacial score (nSPS) is 10.2. The second kappa shape index (κ2) is 7.98. The van der Waals surface area contributed by atoms with Crippen molar-refractivity contribution in [2.75, 3.05) is 0 Å². The van der Waals surface area contributed by atoms with Gasteiger partial charge in [0.05, 0.1) is 5.56 Å². The van der Waals surface area contributed by atoms with E-state index >= 15 is 0 Å². The fraction of sp³-hybridized carbons (Fsp3) is 0.0476. The summed E-state index contributed by atoms with van der Waals surface area (Å²) < 4.78 is 11.0. The third-order valence-corrected chi connectivity index (χ3v) is 3.64. The van der Waals surface area contributed by atoms with Gasteiger partial charge in [0.1, 0.15) is 23.7 Å². The largest absolute Gasteiger partial charge is 0.488 e. The van der Waals surface area contributed by atoms with Crippen molar-refractivity contribution < 1.29 is 24.2 Å². The number of benzene rings is 3. The number of esters is 1. The molecule has 0 aliphatic rings. The Balaban J connectivity index is 1.79. The fourth-order valence-corrected chi connectivity index (χ4v) is 2.34. The quantitative estimate of drug-likeness (QED) is 0.534. The van der Waals surface area contributed by atoms with E-state index in [0.717, 1.165) is 5.56 Å². The van der Waals surface area contributed by atoms with E-state index in [1.165, 1.54) is 18.2 Å². The SMILES string of the molecule is O=C(Oc1ccc(C(=O)O)c(OCc2ccccc2)c1)c1ccccc1. The molecular formula is C21H16O5. The second-order valence-corrected chi connectivity index (χ2v) is 5.49. The van der Waals surface area contributed by atoms with Crippen LogP contribution in [-0.2, 0) is 6.61 Å². The Kier molecular flexibility index (Phi) is 5.29. The number of aromatic carboxylic acids is 1. The van der Waals surface area contributed by atoms with Crippen LogP contribution in [0.25, 0.3) is 0 Å². The highest BCUT2D eigenvalue weighted by atomic mass is 16.5. The molecule has 0 fully saturated rings. The average molecular weight is 348 g/mol. The standard InChI is InChI=1S/C21H16O5/c22-20(23)18-12-11-17(26-21(24)16-9-5-2-6-10-16)13-19(18)25-14-15-7-3-1-4-8-15/h1-13H,14H2,(H,22,23). The molecule has 3 aromatic rings. The smallest absolute Gasteiger partial charge is 0.343 e.